The fourth-order valence-electron chi connectivity index (χ4n) is 5.50. The molecule has 5 rings (SSSR count). The minimum absolute atomic E-state index is 0.102. The highest BCUT2D eigenvalue weighted by Crippen LogP contribution is 2.44. The molecule has 8 nitrogen and oxygen atoms in total. The van der Waals surface area contributed by atoms with Crippen molar-refractivity contribution in [3.8, 4) is 0 Å². The lowest BCUT2D eigenvalue weighted by molar-refractivity contribution is -0.137. The van der Waals surface area contributed by atoms with E-state index in [1.54, 1.807) is 11.6 Å². The molecule has 1 saturated heterocycles. The standard InChI is InChI=1S/C28H28F4N4O4/c1-2-35-26-23(21(15-37)34-36(26)20-10-12-40-13-11-20)22(16-6-8-19(29)9-7-16)24(27(35)39)33-25(38)17-4-3-5-18(14-17)28(30,31)32/h3-9,14,20,22,24,37H,2,10-13,15H2,1H3,(H,33,38)/t22-,24-/m0/s1. The van der Waals surface area contributed by atoms with Crippen molar-refractivity contribution in [2.45, 2.75) is 50.6 Å². The number of alkyl halides is 3. The van der Waals surface area contributed by atoms with E-state index in [0.717, 1.165) is 18.2 Å². The number of carbonyl (C=O) groups excluding carboxylic acids is 2. The molecule has 2 amide bonds. The Labute approximate surface area is 227 Å². The Hall–Kier alpha value is -3.77. The summed E-state index contributed by atoms with van der Waals surface area (Å²) >= 11 is 0. The van der Waals surface area contributed by atoms with Crippen LogP contribution in [0.3, 0.4) is 0 Å². The van der Waals surface area contributed by atoms with Crippen molar-refractivity contribution in [2.24, 2.45) is 0 Å². The van der Waals surface area contributed by atoms with Crippen molar-refractivity contribution < 1.29 is 37.0 Å². The van der Waals surface area contributed by atoms with E-state index in [2.05, 4.69) is 10.4 Å². The predicted molar refractivity (Wildman–Crippen MR) is 136 cm³/mol. The first kappa shape index (κ1) is 27.8. The molecule has 2 aliphatic heterocycles. The van der Waals surface area contributed by atoms with Gasteiger partial charge in [0.1, 0.15) is 17.7 Å². The fourth-order valence-corrected chi connectivity index (χ4v) is 5.50. The maximum Gasteiger partial charge on any atom is 0.416 e. The van der Waals surface area contributed by atoms with Crippen molar-refractivity contribution >= 4 is 17.6 Å². The highest BCUT2D eigenvalue weighted by Gasteiger charge is 2.46. The summed E-state index contributed by atoms with van der Waals surface area (Å²) in [4.78, 5) is 28.8. The molecule has 0 saturated carbocycles. The van der Waals surface area contributed by atoms with E-state index >= 15 is 0 Å². The molecule has 2 aromatic carbocycles. The number of halogens is 4. The van der Waals surface area contributed by atoms with Gasteiger partial charge in [-0.15, -0.1) is 0 Å². The number of hydrogen-bond acceptors (Lipinski definition) is 5. The number of aliphatic hydroxyl groups excluding tert-OH is 1. The Kier molecular flexibility index (Phi) is 7.65. The predicted octanol–water partition coefficient (Wildman–Crippen LogP) is 4.18. The number of likely N-dealkylation sites (N-methyl/N-ethyl adjacent to an activating group) is 1. The molecule has 0 bridgehead atoms. The van der Waals surface area contributed by atoms with Gasteiger partial charge in [0.05, 0.1) is 23.9 Å². The van der Waals surface area contributed by atoms with Crippen LogP contribution in [0.4, 0.5) is 23.4 Å². The highest BCUT2D eigenvalue weighted by molar-refractivity contribution is 6.05. The van der Waals surface area contributed by atoms with Crippen LogP contribution in [0, 0.1) is 5.82 Å². The van der Waals surface area contributed by atoms with E-state index in [1.807, 2.05) is 0 Å². The van der Waals surface area contributed by atoms with Crippen molar-refractivity contribution in [1.29, 1.82) is 0 Å². The molecule has 0 aliphatic carbocycles. The smallest absolute Gasteiger partial charge is 0.390 e. The van der Waals surface area contributed by atoms with E-state index in [-0.39, 0.29) is 18.2 Å². The molecule has 3 aromatic rings. The topological polar surface area (TPSA) is 96.7 Å². The van der Waals surface area contributed by atoms with Gasteiger partial charge in [0, 0.05) is 36.8 Å². The maximum atomic E-state index is 14.0. The van der Waals surface area contributed by atoms with Crippen LogP contribution in [0.2, 0.25) is 0 Å². The van der Waals surface area contributed by atoms with Crippen LogP contribution in [0.15, 0.2) is 48.5 Å². The highest BCUT2D eigenvalue weighted by atomic mass is 19.4. The van der Waals surface area contributed by atoms with Crippen molar-refractivity contribution in [1.82, 2.24) is 15.1 Å². The third-order valence-corrected chi connectivity index (χ3v) is 7.40. The summed E-state index contributed by atoms with van der Waals surface area (Å²) < 4.78 is 61.0. The van der Waals surface area contributed by atoms with Gasteiger partial charge in [-0.2, -0.15) is 18.3 Å². The number of rotatable bonds is 6. The number of benzene rings is 2. The number of ether oxygens (including phenoxy) is 1. The van der Waals surface area contributed by atoms with Crippen molar-refractivity contribution in [3.63, 3.8) is 0 Å². The van der Waals surface area contributed by atoms with Gasteiger partial charge in [0.25, 0.3) is 11.8 Å². The number of nitrogens with one attached hydrogen (secondary N) is 1. The molecule has 3 heterocycles. The van der Waals surface area contributed by atoms with E-state index < -0.39 is 47.9 Å². The molecule has 1 fully saturated rings. The van der Waals surface area contributed by atoms with Gasteiger partial charge in [0.2, 0.25) is 0 Å². The number of fused-ring (bicyclic) bond motifs is 1. The number of aliphatic hydroxyl groups is 1. The second-order valence-corrected chi connectivity index (χ2v) is 9.77. The molecule has 2 N–H and O–H groups in total. The van der Waals surface area contributed by atoms with Gasteiger partial charge in [-0.1, -0.05) is 18.2 Å². The Morgan fingerprint density at radius 3 is 2.48 bits per heavy atom. The van der Waals surface area contributed by atoms with Gasteiger partial charge >= 0.3 is 6.18 Å². The van der Waals surface area contributed by atoms with E-state index in [4.69, 9.17) is 4.74 Å². The number of nitrogens with zero attached hydrogens (tertiary/aromatic N) is 3. The summed E-state index contributed by atoms with van der Waals surface area (Å²) in [6.45, 7) is 2.51. The molecule has 0 radical (unpaired) electrons. The third-order valence-electron chi connectivity index (χ3n) is 7.40. The van der Waals surface area contributed by atoms with Crippen LogP contribution in [-0.2, 0) is 22.3 Å². The van der Waals surface area contributed by atoms with Gasteiger partial charge in [-0.05, 0) is 55.7 Å². The van der Waals surface area contributed by atoms with E-state index in [0.29, 0.717) is 48.7 Å². The molecule has 2 atom stereocenters. The molecule has 212 valence electrons. The van der Waals surface area contributed by atoms with E-state index in [9.17, 15) is 32.3 Å². The first-order valence-electron chi connectivity index (χ1n) is 13.0. The lowest BCUT2D eigenvalue weighted by Crippen LogP contribution is -2.55. The Morgan fingerprint density at radius 1 is 1.15 bits per heavy atom. The zero-order valence-electron chi connectivity index (χ0n) is 21.6. The number of anilines is 1. The molecule has 0 unspecified atom stereocenters. The minimum Gasteiger partial charge on any atom is -0.390 e. The lowest BCUT2D eigenvalue weighted by atomic mass is 9.80. The fraction of sp³-hybridized carbons (Fsp3) is 0.393. The number of aromatic nitrogens is 2. The zero-order valence-corrected chi connectivity index (χ0v) is 21.6. The third kappa shape index (κ3) is 5.08. The van der Waals surface area contributed by atoms with Crippen molar-refractivity contribution in [3.05, 3.63) is 82.3 Å². The lowest BCUT2D eigenvalue weighted by Gasteiger charge is -2.39. The Morgan fingerprint density at radius 2 is 1.85 bits per heavy atom. The molecular weight excluding hydrogens is 532 g/mol. The molecular formula is C28H28F4N4O4. The molecule has 40 heavy (non-hydrogen) atoms. The number of carbonyl (C=O) groups is 2. The van der Waals surface area contributed by atoms with Crippen molar-refractivity contribution in [2.75, 3.05) is 24.7 Å². The van der Waals surface area contributed by atoms with Crippen LogP contribution < -0.4 is 10.2 Å². The van der Waals surface area contributed by atoms with Gasteiger partial charge in [-0.3, -0.25) is 14.5 Å². The maximum absolute atomic E-state index is 14.0. The summed E-state index contributed by atoms with van der Waals surface area (Å²) in [5.74, 6) is -2.30. The second kappa shape index (κ2) is 11.0. The van der Waals surface area contributed by atoms with Gasteiger partial charge in [0.15, 0.2) is 0 Å². The Bertz CT molecular complexity index is 1400. The average Bonchev–Trinajstić information content (AvgIpc) is 3.33. The molecule has 0 spiro atoms. The average molecular weight is 561 g/mol. The van der Waals surface area contributed by atoms with Crippen LogP contribution in [0.25, 0.3) is 0 Å². The van der Waals surface area contributed by atoms with Crippen LogP contribution in [0.1, 0.15) is 64.5 Å². The first-order valence-corrected chi connectivity index (χ1v) is 13.0. The number of amides is 2. The first-order chi connectivity index (χ1) is 19.1. The second-order valence-electron chi connectivity index (χ2n) is 9.77. The monoisotopic (exact) mass is 560 g/mol. The van der Waals surface area contributed by atoms with Gasteiger partial charge < -0.3 is 15.2 Å². The van der Waals surface area contributed by atoms with Crippen LogP contribution >= 0.6 is 0 Å². The van der Waals surface area contributed by atoms with E-state index in [1.165, 1.54) is 35.2 Å². The van der Waals surface area contributed by atoms with Crippen LogP contribution in [-0.4, -0.2) is 52.5 Å². The molecule has 2 aliphatic rings. The minimum atomic E-state index is -4.66. The molecule has 1 aromatic heterocycles. The summed E-state index contributed by atoms with van der Waals surface area (Å²) in [5, 5.41) is 17.7. The number of hydrogen-bond donors (Lipinski definition) is 2. The summed E-state index contributed by atoms with van der Waals surface area (Å²) in [7, 11) is 0. The SMILES string of the molecule is CCN1C(=O)[C@@H](NC(=O)c2cccc(C(F)(F)F)c2)[C@@H](c2ccc(F)cc2)c2c(CO)nn(C3CCOCC3)c21. The summed E-state index contributed by atoms with van der Waals surface area (Å²) in [6.07, 6.45) is -3.38. The quantitative estimate of drug-likeness (QED) is 0.441. The normalized spacial score (nSPS) is 19.9. The summed E-state index contributed by atoms with van der Waals surface area (Å²) in [6, 6.07) is 7.97. The zero-order chi connectivity index (χ0) is 28.6. The molecule has 12 heteroatoms. The van der Waals surface area contributed by atoms with Gasteiger partial charge in [-0.25, -0.2) is 9.07 Å². The largest absolute Gasteiger partial charge is 0.416 e. The summed E-state index contributed by atoms with van der Waals surface area (Å²) in [5.41, 5.74) is -0.00334. The van der Waals surface area contributed by atoms with Crippen LogP contribution in [0.5, 0.6) is 0 Å². The Balaban J connectivity index is 1.63.